The van der Waals surface area contributed by atoms with Crippen molar-refractivity contribution in [2.24, 2.45) is 4.99 Å². The highest BCUT2D eigenvalue weighted by atomic mass is 79.9. The smallest absolute Gasteiger partial charge is 0.363 e. The van der Waals surface area contributed by atoms with Crippen LogP contribution >= 0.6 is 27.5 Å². The van der Waals surface area contributed by atoms with Gasteiger partial charge < -0.3 is 4.74 Å². The van der Waals surface area contributed by atoms with Crippen LogP contribution in [0.3, 0.4) is 0 Å². The molecule has 3 nitrogen and oxygen atoms in total. The summed E-state index contributed by atoms with van der Waals surface area (Å²) in [7, 11) is 0. The first-order chi connectivity index (χ1) is 10.1. The molecule has 1 heterocycles. The van der Waals surface area contributed by atoms with E-state index in [0.29, 0.717) is 10.6 Å². The fraction of sp³-hybridized carbons (Fsp3) is 0. The Kier molecular flexibility index (Phi) is 3.90. The fourth-order valence-electron chi connectivity index (χ4n) is 1.88. The van der Waals surface area contributed by atoms with Crippen molar-refractivity contribution in [2.45, 2.75) is 0 Å². The molecule has 0 amide bonds. The average molecular weight is 363 g/mol. The van der Waals surface area contributed by atoms with Crippen LogP contribution in [0, 0.1) is 0 Å². The van der Waals surface area contributed by atoms with E-state index in [2.05, 4.69) is 20.9 Å². The van der Waals surface area contributed by atoms with Gasteiger partial charge in [-0.05, 0) is 48.0 Å². The maximum atomic E-state index is 11.9. The third-order valence-electron chi connectivity index (χ3n) is 2.86. The van der Waals surface area contributed by atoms with E-state index in [0.717, 1.165) is 10.0 Å². The highest BCUT2D eigenvalue weighted by Gasteiger charge is 2.23. The Balaban J connectivity index is 1.93. The van der Waals surface area contributed by atoms with Crippen molar-refractivity contribution in [1.82, 2.24) is 0 Å². The number of cyclic esters (lactones) is 1. The van der Waals surface area contributed by atoms with Gasteiger partial charge in [0.2, 0.25) is 5.90 Å². The normalized spacial score (nSPS) is 16.0. The lowest BCUT2D eigenvalue weighted by Gasteiger charge is -1.98. The summed E-state index contributed by atoms with van der Waals surface area (Å²) in [4.78, 5) is 16.1. The molecular formula is C16H9BrClNO2. The number of aliphatic imine (C=N–C) groups is 1. The molecule has 3 rings (SSSR count). The summed E-state index contributed by atoms with van der Waals surface area (Å²) < 4.78 is 6.13. The fourth-order valence-corrected chi connectivity index (χ4v) is 2.42. The number of nitrogens with zero attached hydrogens (tertiary/aromatic N) is 1. The lowest BCUT2D eigenvalue weighted by atomic mass is 10.2. The van der Waals surface area contributed by atoms with Crippen LogP contribution in [0.4, 0.5) is 0 Å². The molecule has 0 atom stereocenters. The molecule has 0 saturated heterocycles. The van der Waals surface area contributed by atoms with Crippen LogP contribution in [-0.4, -0.2) is 11.9 Å². The number of rotatable bonds is 2. The first-order valence-corrected chi connectivity index (χ1v) is 7.33. The van der Waals surface area contributed by atoms with Gasteiger partial charge in [-0.3, -0.25) is 0 Å². The van der Waals surface area contributed by atoms with Crippen LogP contribution in [0.5, 0.6) is 0 Å². The van der Waals surface area contributed by atoms with Crippen molar-refractivity contribution in [3.05, 3.63) is 74.9 Å². The zero-order valence-electron chi connectivity index (χ0n) is 10.7. The van der Waals surface area contributed by atoms with Crippen LogP contribution in [0.25, 0.3) is 6.08 Å². The Morgan fingerprint density at radius 3 is 2.62 bits per heavy atom. The molecule has 104 valence electrons. The maximum Gasteiger partial charge on any atom is 0.363 e. The second-order valence-electron chi connectivity index (χ2n) is 4.40. The molecule has 2 aromatic carbocycles. The van der Waals surface area contributed by atoms with E-state index in [9.17, 15) is 4.79 Å². The van der Waals surface area contributed by atoms with E-state index in [-0.39, 0.29) is 11.6 Å². The molecule has 2 aromatic rings. The summed E-state index contributed by atoms with van der Waals surface area (Å²) >= 11 is 9.22. The Morgan fingerprint density at radius 2 is 1.90 bits per heavy atom. The topological polar surface area (TPSA) is 38.7 Å². The molecule has 0 unspecified atom stereocenters. The molecule has 0 fully saturated rings. The number of hydrogen-bond acceptors (Lipinski definition) is 3. The lowest BCUT2D eigenvalue weighted by molar-refractivity contribution is -0.129. The molecule has 0 radical (unpaired) electrons. The minimum absolute atomic E-state index is 0.276. The van der Waals surface area contributed by atoms with Gasteiger partial charge in [0.05, 0.1) is 0 Å². The van der Waals surface area contributed by atoms with Gasteiger partial charge in [-0.15, -0.1) is 0 Å². The van der Waals surface area contributed by atoms with Crippen molar-refractivity contribution < 1.29 is 9.53 Å². The van der Waals surface area contributed by atoms with Gasteiger partial charge in [0.15, 0.2) is 5.70 Å². The summed E-state index contributed by atoms with van der Waals surface area (Å²) in [5.41, 5.74) is 1.86. The van der Waals surface area contributed by atoms with Crippen molar-refractivity contribution in [1.29, 1.82) is 0 Å². The minimum atomic E-state index is -0.458. The predicted octanol–water partition coefficient (Wildman–Crippen LogP) is 4.45. The quantitative estimate of drug-likeness (QED) is 0.585. The number of esters is 1. The van der Waals surface area contributed by atoms with Crippen molar-refractivity contribution in [3.8, 4) is 0 Å². The highest BCUT2D eigenvalue weighted by Crippen LogP contribution is 2.21. The van der Waals surface area contributed by atoms with Crippen LogP contribution in [0.15, 0.2) is 63.7 Å². The molecule has 1 aliphatic heterocycles. The van der Waals surface area contributed by atoms with Gasteiger partial charge in [0.25, 0.3) is 0 Å². The first kappa shape index (κ1) is 14.0. The molecule has 0 N–H and O–H groups in total. The van der Waals surface area contributed by atoms with Crippen LogP contribution in [0.2, 0.25) is 5.02 Å². The second kappa shape index (κ2) is 5.84. The molecule has 0 spiro atoms. The number of benzene rings is 2. The summed E-state index contributed by atoms with van der Waals surface area (Å²) in [6, 6.07) is 14.6. The Labute approximate surface area is 135 Å². The molecule has 0 bridgehead atoms. The maximum absolute atomic E-state index is 11.9. The molecule has 0 aliphatic carbocycles. The van der Waals surface area contributed by atoms with E-state index < -0.39 is 5.97 Å². The molecular weight excluding hydrogens is 354 g/mol. The third kappa shape index (κ3) is 3.23. The van der Waals surface area contributed by atoms with E-state index in [4.69, 9.17) is 16.3 Å². The van der Waals surface area contributed by atoms with Crippen LogP contribution in [0.1, 0.15) is 11.1 Å². The van der Waals surface area contributed by atoms with Crippen LogP contribution < -0.4 is 0 Å². The van der Waals surface area contributed by atoms with E-state index in [1.165, 1.54) is 0 Å². The molecule has 5 heteroatoms. The van der Waals surface area contributed by atoms with Gasteiger partial charge in [0, 0.05) is 15.1 Å². The van der Waals surface area contributed by atoms with Crippen molar-refractivity contribution in [3.63, 3.8) is 0 Å². The second-order valence-corrected chi connectivity index (χ2v) is 5.75. The molecule has 0 aromatic heterocycles. The zero-order chi connectivity index (χ0) is 14.8. The number of carbonyl (C=O) groups is 1. The van der Waals surface area contributed by atoms with Gasteiger partial charge in [-0.1, -0.05) is 39.7 Å². The van der Waals surface area contributed by atoms with Crippen molar-refractivity contribution >= 4 is 45.5 Å². The first-order valence-electron chi connectivity index (χ1n) is 6.16. The molecule has 1 aliphatic rings. The van der Waals surface area contributed by atoms with E-state index in [1.54, 1.807) is 30.3 Å². The minimum Gasteiger partial charge on any atom is -0.402 e. The Bertz CT molecular complexity index is 766. The standard InChI is InChI=1S/C16H9BrClNO2/c17-12-3-1-2-10(8-12)9-14-16(20)21-15(19-14)11-4-6-13(18)7-5-11/h1-9H. The molecule has 0 saturated carbocycles. The van der Waals surface area contributed by atoms with E-state index in [1.807, 2.05) is 24.3 Å². The number of halogens is 2. The molecule has 21 heavy (non-hydrogen) atoms. The Morgan fingerprint density at radius 1 is 1.14 bits per heavy atom. The largest absolute Gasteiger partial charge is 0.402 e. The highest BCUT2D eigenvalue weighted by molar-refractivity contribution is 9.10. The predicted molar refractivity (Wildman–Crippen MR) is 86.2 cm³/mol. The summed E-state index contributed by atoms with van der Waals surface area (Å²) in [6.45, 7) is 0. The Hall–Kier alpha value is -1.91. The summed E-state index contributed by atoms with van der Waals surface area (Å²) in [5.74, 6) is -0.169. The lowest BCUT2D eigenvalue weighted by Crippen LogP contribution is -2.05. The van der Waals surface area contributed by atoms with Gasteiger partial charge >= 0.3 is 5.97 Å². The van der Waals surface area contributed by atoms with E-state index >= 15 is 0 Å². The number of ether oxygens (including phenoxy) is 1. The summed E-state index contributed by atoms with van der Waals surface area (Å²) in [5, 5.41) is 0.619. The average Bonchev–Trinajstić information content (AvgIpc) is 2.81. The number of hydrogen-bond donors (Lipinski definition) is 0. The number of carbonyl (C=O) groups excluding carboxylic acids is 1. The summed E-state index contributed by atoms with van der Waals surface area (Å²) in [6.07, 6.45) is 1.69. The van der Waals surface area contributed by atoms with Crippen LogP contribution in [-0.2, 0) is 9.53 Å². The zero-order valence-corrected chi connectivity index (χ0v) is 13.1. The monoisotopic (exact) mass is 361 g/mol. The van der Waals surface area contributed by atoms with Gasteiger partial charge in [-0.2, -0.15) is 0 Å². The van der Waals surface area contributed by atoms with Gasteiger partial charge in [-0.25, -0.2) is 9.79 Å². The van der Waals surface area contributed by atoms with Gasteiger partial charge in [0.1, 0.15) is 0 Å². The third-order valence-corrected chi connectivity index (χ3v) is 3.61. The SMILES string of the molecule is O=C1OC(c2ccc(Cl)cc2)=NC1=Cc1cccc(Br)c1. The van der Waals surface area contributed by atoms with Crippen molar-refractivity contribution in [2.75, 3.05) is 0 Å².